The summed E-state index contributed by atoms with van der Waals surface area (Å²) >= 11 is 0. The van der Waals surface area contributed by atoms with Gasteiger partial charge in [0.05, 0.1) is 18.3 Å². The molecule has 24 heavy (non-hydrogen) atoms. The Kier molecular flexibility index (Phi) is 5.62. The molecule has 0 spiro atoms. The molecule has 5 nitrogen and oxygen atoms in total. The predicted octanol–water partition coefficient (Wildman–Crippen LogP) is 3.59. The quantitative estimate of drug-likeness (QED) is 0.844. The summed E-state index contributed by atoms with van der Waals surface area (Å²) in [5.74, 6) is -0.381. The standard InChI is InChI=1S/C16H16F3N3O2/c1-2-20-12-6-7-14(21-10-12)22-15(23)9-11-4-3-5-13(8-11)24-16(17,18)19/h3-8,10,20H,2,9H2,1H3,(H,21,22,23). The van der Waals surface area contributed by atoms with Crippen LogP contribution in [0.25, 0.3) is 0 Å². The Bertz CT molecular complexity index is 688. The topological polar surface area (TPSA) is 63.2 Å². The van der Waals surface area contributed by atoms with E-state index >= 15 is 0 Å². The van der Waals surface area contributed by atoms with Gasteiger partial charge in [-0.2, -0.15) is 0 Å². The fraction of sp³-hybridized carbons (Fsp3) is 0.250. The van der Waals surface area contributed by atoms with Crippen LogP contribution in [0.1, 0.15) is 12.5 Å². The molecule has 2 rings (SSSR count). The third-order valence-corrected chi connectivity index (χ3v) is 2.91. The fourth-order valence-corrected chi connectivity index (χ4v) is 2.00. The van der Waals surface area contributed by atoms with Crippen LogP contribution in [-0.4, -0.2) is 23.8 Å². The van der Waals surface area contributed by atoms with Crippen LogP contribution in [0.3, 0.4) is 0 Å². The first-order valence-corrected chi connectivity index (χ1v) is 7.20. The van der Waals surface area contributed by atoms with Gasteiger partial charge < -0.3 is 15.4 Å². The van der Waals surface area contributed by atoms with Gasteiger partial charge in [-0.05, 0) is 36.8 Å². The molecule has 1 aromatic carbocycles. The van der Waals surface area contributed by atoms with E-state index in [0.29, 0.717) is 11.4 Å². The van der Waals surface area contributed by atoms with Crippen molar-refractivity contribution in [2.24, 2.45) is 0 Å². The molecule has 0 saturated heterocycles. The number of halogens is 3. The lowest BCUT2D eigenvalue weighted by Gasteiger charge is -2.10. The second-order valence-electron chi connectivity index (χ2n) is 4.88. The van der Waals surface area contributed by atoms with Crippen LogP contribution in [0.2, 0.25) is 0 Å². The molecule has 0 unspecified atom stereocenters. The number of pyridine rings is 1. The first kappa shape index (κ1) is 17.6. The maximum atomic E-state index is 12.2. The smallest absolute Gasteiger partial charge is 0.406 e. The summed E-state index contributed by atoms with van der Waals surface area (Å²) in [6.07, 6.45) is -3.28. The molecule has 2 N–H and O–H groups in total. The lowest BCUT2D eigenvalue weighted by Crippen LogP contribution is -2.18. The summed E-state index contributed by atoms with van der Waals surface area (Å²) in [7, 11) is 0. The molecule has 1 amide bonds. The van der Waals surface area contributed by atoms with Crippen LogP contribution in [0.15, 0.2) is 42.6 Å². The number of ether oxygens (including phenoxy) is 1. The fourth-order valence-electron chi connectivity index (χ4n) is 2.00. The second kappa shape index (κ2) is 7.67. The molecule has 0 aliphatic carbocycles. The zero-order valence-corrected chi connectivity index (χ0v) is 12.9. The summed E-state index contributed by atoms with van der Waals surface area (Å²) in [4.78, 5) is 16.0. The van der Waals surface area contributed by atoms with Gasteiger partial charge in [0.1, 0.15) is 11.6 Å². The Morgan fingerprint density at radius 2 is 2.04 bits per heavy atom. The number of rotatable bonds is 6. The van der Waals surface area contributed by atoms with Gasteiger partial charge in [-0.15, -0.1) is 13.2 Å². The minimum atomic E-state index is -4.76. The van der Waals surface area contributed by atoms with Crippen molar-refractivity contribution in [2.75, 3.05) is 17.2 Å². The molecule has 128 valence electrons. The van der Waals surface area contributed by atoms with E-state index in [-0.39, 0.29) is 18.1 Å². The molecule has 0 fully saturated rings. The normalized spacial score (nSPS) is 11.0. The van der Waals surface area contributed by atoms with Gasteiger partial charge in [0, 0.05) is 6.54 Å². The van der Waals surface area contributed by atoms with Gasteiger partial charge >= 0.3 is 6.36 Å². The van der Waals surface area contributed by atoms with E-state index in [4.69, 9.17) is 0 Å². The van der Waals surface area contributed by atoms with Crippen molar-refractivity contribution in [3.63, 3.8) is 0 Å². The molecule has 0 aliphatic rings. The molecule has 1 heterocycles. The van der Waals surface area contributed by atoms with E-state index in [1.54, 1.807) is 24.4 Å². The number of alkyl halides is 3. The Hall–Kier alpha value is -2.77. The predicted molar refractivity (Wildman–Crippen MR) is 83.9 cm³/mol. The molecule has 0 radical (unpaired) electrons. The molecule has 8 heteroatoms. The molecule has 2 aromatic rings. The highest BCUT2D eigenvalue weighted by molar-refractivity contribution is 5.91. The van der Waals surface area contributed by atoms with Gasteiger partial charge in [0.2, 0.25) is 5.91 Å². The number of aromatic nitrogens is 1. The molecule has 0 atom stereocenters. The summed E-state index contributed by atoms with van der Waals surface area (Å²) in [5, 5.41) is 5.66. The summed E-state index contributed by atoms with van der Waals surface area (Å²) in [5.41, 5.74) is 1.23. The van der Waals surface area contributed by atoms with Crippen molar-refractivity contribution in [3.8, 4) is 5.75 Å². The summed E-state index contributed by atoms with van der Waals surface area (Å²) in [6.45, 7) is 2.70. The van der Waals surface area contributed by atoms with Gasteiger partial charge in [-0.3, -0.25) is 4.79 Å². The maximum Gasteiger partial charge on any atom is 0.573 e. The van der Waals surface area contributed by atoms with Crippen molar-refractivity contribution in [1.29, 1.82) is 0 Å². The van der Waals surface area contributed by atoms with E-state index < -0.39 is 6.36 Å². The number of nitrogens with one attached hydrogen (secondary N) is 2. The van der Waals surface area contributed by atoms with E-state index in [0.717, 1.165) is 12.2 Å². The lowest BCUT2D eigenvalue weighted by atomic mass is 10.1. The number of carbonyl (C=O) groups is 1. The molecule has 0 bridgehead atoms. The van der Waals surface area contributed by atoms with E-state index in [1.807, 2.05) is 6.92 Å². The van der Waals surface area contributed by atoms with Crippen LogP contribution in [0.5, 0.6) is 5.75 Å². The molecule has 0 aliphatic heterocycles. The first-order chi connectivity index (χ1) is 11.4. The SMILES string of the molecule is CCNc1ccc(NC(=O)Cc2cccc(OC(F)(F)F)c2)nc1. The van der Waals surface area contributed by atoms with Gasteiger partial charge in [-0.1, -0.05) is 12.1 Å². The highest BCUT2D eigenvalue weighted by atomic mass is 19.4. The molecular formula is C16H16F3N3O2. The van der Waals surface area contributed by atoms with Crippen molar-refractivity contribution < 1.29 is 22.7 Å². The third kappa shape index (κ3) is 5.79. The van der Waals surface area contributed by atoms with E-state index in [1.165, 1.54) is 18.2 Å². The zero-order valence-electron chi connectivity index (χ0n) is 12.9. The average molecular weight is 339 g/mol. The third-order valence-electron chi connectivity index (χ3n) is 2.91. The van der Waals surface area contributed by atoms with E-state index in [9.17, 15) is 18.0 Å². The molecule has 1 aromatic heterocycles. The monoisotopic (exact) mass is 339 g/mol. The van der Waals surface area contributed by atoms with Gasteiger partial charge in [-0.25, -0.2) is 4.98 Å². The van der Waals surface area contributed by atoms with Gasteiger partial charge in [0.25, 0.3) is 0 Å². The highest BCUT2D eigenvalue weighted by Gasteiger charge is 2.31. The Morgan fingerprint density at radius 3 is 2.67 bits per heavy atom. The minimum Gasteiger partial charge on any atom is -0.406 e. The maximum absolute atomic E-state index is 12.2. The first-order valence-electron chi connectivity index (χ1n) is 7.20. The largest absolute Gasteiger partial charge is 0.573 e. The number of anilines is 2. The summed E-state index contributed by atoms with van der Waals surface area (Å²) in [6, 6.07) is 8.70. The Labute approximate surface area is 136 Å². The summed E-state index contributed by atoms with van der Waals surface area (Å²) < 4.78 is 40.4. The zero-order chi connectivity index (χ0) is 17.6. The van der Waals surface area contributed by atoms with E-state index in [2.05, 4.69) is 20.4 Å². The average Bonchev–Trinajstić information content (AvgIpc) is 2.48. The number of amides is 1. The van der Waals surface area contributed by atoms with Crippen molar-refractivity contribution in [3.05, 3.63) is 48.2 Å². The molecular weight excluding hydrogens is 323 g/mol. The second-order valence-corrected chi connectivity index (χ2v) is 4.88. The van der Waals surface area contributed by atoms with Crippen LogP contribution in [0, 0.1) is 0 Å². The van der Waals surface area contributed by atoms with Crippen molar-refractivity contribution in [2.45, 2.75) is 19.7 Å². The van der Waals surface area contributed by atoms with Crippen molar-refractivity contribution in [1.82, 2.24) is 4.98 Å². The highest BCUT2D eigenvalue weighted by Crippen LogP contribution is 2.23. The number of nitrogens with zero attached hydrogens (tertiary/aromatic N) is 1. The van der Waals surface area contributed by atoms with Crippen LogP contribution < -0.4 is 15.4 Å². The van der Waals surface area contributed by atoms with Crippen molar-refractivity contribution >= 4 is 17.4 Å². The molecule has 0 saturated carbocycles. The Morgan fingerprint density at radius 1 is 1.25 bits per heavy atom. The number of hydrogen-bond donors (Lipinski definition) is 2. The number of benzene rings is 1. The Balaban J connectivity index is 1.95. The lowest BCUT2D eigenvalue weighted by molar-refractivity contribution is -0.274. The number of hydrogen-bond acceptors (Lipinski definition) is 4. The van der Waals surface area contributed by atoms with Gasteiger partial charge in [0.15, 0.2) is 0 Å². The number of carbonyl (C=O) groups excluding carboxylic acids is 1. The van der Waals surface area contributed by atoms with Crippen LogP contribution in [0.4, 0.5) is 24.7 Å². The minimum absolute atomic E-state index is 0.0916. The van der Waals surface area contributed by atoms with Crippen LogP contribution >= 0.6 is 0 Å². The van der Waals surface area contributed by atoms with Crippen LogP contribution in [-0.2, 0) is 11.2 Å².